The summed E-state index contributed by atoms with van der Waals surface area (Å²) in [5.74, 6) is 0. The second-order valence-corrected chi connectivity index (χ2v) is 3.82. The van der Waals surface area contributed by atoms with Crippen molar-refractivity contribution in [3.05, 3.63) is 0 Å². The zero-order valence-electron chi connectivity index (χ0n) is 8.06. The summed E-state index contributed by atoms with van der Waals surface area (Å²) in [6, 6.07) is 0. The minimum atomic E-state index is -0.451. The van der Waals surface area contributed by atoms with Crippen molar-refractivity contribution < 1.29 is 15.3 Å². The smallest absolute Gasteiger partial charge is 0.0692 e. The van der Waals surface area contributed by atoms with Gasteiger partial charge in [-0.3, -0.25) is 4.90 Å². The molecule has 1 rings (SSSR count). The van der Waals surface area contributed by atoms with Crippen LogP contribution in [0.5, 0.6) is 0 Å². The van der Waals surface area contributed by atoms with Crippen LogP contribution in [0, 0.1) is 0 Å². The molecule has 0 amide bonds. The number of β-amino-alcohol motifs (C(OH)–C–C–N with tert-alkyl or cyclic N) is 3. The molecule has 0 radical (unpaired) electrons. The van der Waals surface area contributed by atoms with Gasteiger partial charge >= 0.3 is 0 Å². The molecule has 13 heavy (non-hydrogen) atoms. The van der Waals surface area contributed by atoms with Crippen LogP contribution in [0.4, 0.5) is 0 Å². The van der Waals surface area contributed by atoms with Crippen molar-refractivity contribution in [2.24, 2.45) is 0 Å². The van der Waals surface area contributed by atoms with Crippen molar-refractivity contribution in [1.82, 2.24) is 4.90 Å². The van der Waals surface area contributed by atoms with E-state index in [-0.39, 0.29) is 6.10 Å². The van der Waals surface area contributed by atoms with Crippen LogP contribution in [0.1, 0.15) is 19.8 Å². The molecule has 3 N–H and O–H groups in total. The van der Waals surface area contributed by atoms with Crippen LogP contribution in [-0.4, -0.2) is 58.2 Å². The van der Waals surface area contributed by atoms with E-state index in [1.807, 2.05) is 11.8 Å². The second kappa shape index (κ2) is 4.91. The van der Waals surface area contributed by atoms with Gasteiger partial charge < -0.3 is 15.3 Å². The fourth-order valence-electron chi connectivity index (χ4n) is 1.71. The van der Waals surface area contributed by atoms with Gasteiger partial charge in [0.05, 0.1) is 18.3 Å². The van der Waals surface area contributed by atoms with Gasteiger partial charge in [0.2, 0.25) is 0 Å². The van der Waals surface area contributed by atoms with Crippen molar-refractivity contribution in [2.45, 2.75) is 38.1 Å². The minimum Gasteiger partial charge on any atom is -0.392 e. The average molecular weight is 189 g/mol. The maximum atomic E-state index is 9.38. The molecule has 78 valence electrons. The highest BCUT2D eigenvalue weighted by Gasteiger charge is 2.25. The topological polar surface area (TPSA) is 63.9 Å². The summed E-state index contributed by atoms with van der Waals surface area (Å²) < 4.78 is 0. The van der Waals surface area contributed by atoms with E-state index in [9.17, 15) is 15.3 Å². The maximum Gasteiger partial charge on any atom is 0.0692 e. The molecule has 0 saturated carbocycles. The van der Waals surface area contributed by atoms with E-state index >= 15 is 0 Å². The Morgan fingerprint density at radius 1 is 1.31 bits per heavy atom. The number of aliphatic hydroxyl groups excluding tert-OH is 3. The summed E-state index contributed by atoms with van der Waals surface area (Å²) in [4.78, 5) is 1.91. The Hall–Kier alpha value is -0.160. The summed E-state index contributed by atoms with van der Waals surface area (Å²) in [7, 11) is 0. The quantitative estimate of drug-likeness (QED) is 0.543. The Morgan fingerprint density at radius 2 is 1.85 bits per heavy atom. The summed E-state index contributed by atoms with van der Waals surface area (Å²) in [5, 5.41) is 28.1. The number of rotatable bonds is 3. The number of hydrogen-bond acceptors (Lipinski definition) is 4. The molecule has 1 fully saturated rings. The third kappa shape index (κ3) is 3.60. The summed E-state index contributed by atoms with van der Waals surface area (Å²) in [6.07, 6.45) is -0.0837. The Labute approximate surface area is 78.8 Å². The third-order valence-electron chi connectivity index (χ3n) is 2.42. The molecule has 4 heteroatoms. The number of hydrogen-bond donors (Lipinski definition) is 3. The van der Waals surface area contributed by atoms with E-state index in [0.717, 1.165) is 0 Å². The van der Waals surface area contributed by atoms with Gasteiger partial charge in [0.1, 0.15) is 0 Å². The highest BCUT2D eigenvalue weighted by molar-refractivity contribution is 4.79. The van der Waals surface area contributed by atoms with Gasteiger partial charge in [0.15, 0.2) is 0 Å². The molecule has 0 bridgehead atoms. The second-order valence-electron chi connectivity index (χ2n) is 3.82. The lowest BCUT2D eigenvalue weighted by Gasteiger charge is -2.34. The van der Waals surface area contributed by atoms with E-state index in [4.69, 9.17) is 0 Å². The molecule has 1 heterocycles. The molecule has 0 spiro atoms. The number of piperidine rings is 1. The molecule has 0 unspecified atom stereocenters. The normalized spacial score (nSPS) is 33.2. The van der Waals surface area contributed by atoms with Gasteiger partial charge in [-0.15, -0.1) is 0 Å². The SMILES string of the molecule is CC[C@H](O)CN1C[C@H](O)C[C@H](O)C1. The number of nitrogens with zero attached hydrogens (tertiary/aromatic N) is 1. The van der Waals surface area contributed by atoms with Gasteiger partial charge in [-0.05, 0) is 6.42 Å². The lowest BCUT2D eigenvalue weighted by atomic mass is 10.1. The predicted molar refractivity (Wildman–Crippen MR) is 49.4 cm³/mol. The lowest BCUT2D eigenvalue weighted by molar-refractivity contribution is -0.0228. The predicted octanol–water partition coefficient (Wildman–Crippen LogP) is -0.815. The van der Waals surface area contributed by atoms with Gasteiger partial charge in [-0.1, -0.05) is 6.92 Å². The summed E-state index contributed by atoms with van der Waals surface area (Å²) in [5.41, 5.74) is 0. The van der Waals surface area contributed by atoms with E-state index in [1.54, 1.807) is 0 Å². The van der Waals surface area contributed by atoms with Crippen molar-refractivity contribution in [2.75, 3.05) is 19.6 Å². The van der Waals surface area contributed by atoms with Crippen molar-refractivity contribution in [1.29, 1.82) is 0 Å². The fourth-order valence-corrected chi connectivity index (χ4v) is 1.71. The first-order chi connectivity index (χ1) is 6.11. The van der Waals surface area contributed by atoms with Crippen molar-refractivity contribution in [3.8, 4) is 0 Å². The third-order valence-corrected chi connectivity index (χ3v) is 2.42. The highest BCUT2D eigenvalue weighted by Crippen LogP contribution is 2.11. The van der Waals surface area contributed by atoms with Crippen LogP contribution in [0.25, 0.3) is 0 Å². The van der Waals surface area contributed by atoms with E-state index in [2.05, 4.69) is 0 Å². The Balaban J connectivity index is 2.32. The average Bonchev–Trinajstić information content (AvgIpc) is 2.02. The van der Waals surface area contributed by atoms with Gasteiger partial charge in [-0.25, -0.2) is 0 Å². The largest absolute Gasteiger partial charge is 0.392 e. The van der Waals surface area contributed by atoms with E-state index < -0.39 is 12.2 Å². The standard InChI is InChI=1S/C9H19NO3/c1-2-7(11)4-10-5-8(12)3-9(13)6-10/h7-9,11-13H,2-6H2,1H3/t7-,8-,9+/m0/s1. The van der Waals surface area contributed by atoms with Crippen LogP contribution in [0.3, 0.4) is 0 Å². The minimum absolute atomic E-state index is 0.350. The van der Waals surface area contributed by atoms with Gasteiger partial charge in [0.25, 0.3) is 0 Å². The maximum absolute atomic E-state index is 9.38. The molecule has 1 aliphatic rings. The first kappa shape index (κ1) is 10.9. The van der Waals surface area contributed by atoms with Gasteiger partial charge in [-0.2, -0.15) is 0 Å². The molecule has 4 nitrogen and oxygen atoms in total. The summed E-state index contributed by atoms with van der Waals surface area (Å²) in [6.45, 7) is 3.59. The Kier molecular flexibility index (Phi) is 4.12. The van der Waals surface area contributed by atoms with Crippen LogP contribution >= 0.6 is 0 Å². The van der Waals surface area contributed by atoms with Crippen molar-refractivity contribution >= 4 is 0 Å². The van der Waals surface area contributed by atoms with Crippen LogP contribution in [0.15, 0.2) is 0 Å². The molecular weight excluding hydrogens is 170 g/mol. The van der Waals surface area contributed by atoms with Crippen LogP contribution < -0.4 is 0 Å². The first-order valence-electron chi connectivity index (χ1n) is 4.88. The number of likely N-dealkylation sites (tertiary alicyclic amines) is 1. The Bertz CT molecular complexity index is 144. The zero-order valence-corrected chi connectivity index (χ0v) is 8.06. The number of aliphatic hydroxyl groups is 3. The molecule has 1 aliphatic heterocycles. The fraction of sp³-hybridized carbons (Fsp3) is 1.00. The molecule has 0 aromatic carbocycles. The molecular formula is C9H19NO3. The lowest BCUT2D eigenvalue weighted by Crippen LogP contribution is -2.48. The Morgan fingerprint density at radius 3 is 2.31 bits per heavy atom. The molecule has 0 aromatic heterocycles. The first-order valence-corrected chi connectivity index (χ1v) is 4.88. The van der Waals surface area contributed by atoms with Crippen LogP contribution in [-0.2, 0) is 0 Å². The molecule has 0 aromatic rings. The van der Waals surface area contributed by atoms with Crippen LogP contribution in [0.2, 0.25) is 0 Å². The van der Waals surface area contributed by atoms with Crippen molar-refractivity contribution in [3.63, 3.8) is 0 Å². The zero-order chi connectivity index (χ0) is 9.84. The molecule has 3 atom stereocenters. The molecule has 0 aliphatic carbocycles. The molecule has 1 saturated heterocycles. The van der Waals surface area contributed by atoms with Gasteiger partial charge in [0, 0.05) is 26.1 Å². The summed E-state index contributed by atoms with van der Waals surface area (Å²) >= 11 is 0. The highest BCUT2D eigenvalue weighted by atomic mass is 16.3. The monoisotopic (exact) mass is 189 g/mol. The van der Waals surface area contributed by atoms with E-state index in [1.165, 1.54) is 0 Å². The van der Waals surface area contributed by atoms with E-state index in [0.29, 0.717) is 32.5 Å².